The van der Waals surface area contributed by atoms with E-state index in [0.29, 0.717) is 5.69 Å². The first-order valence-corrected chi connectivity index (χ1v) is 7.01. The summed E-state index contributed by atoms with van der Waals surface area (Å²) in [5.41, 5.74) is 2.27. The second kappa shape index (κ2) is 5.69. The molecule has 18 heavy (non-hydrogen) atoms. The number of aromatic nitrogens is 3. The fourth-order valence-electron chi connectivity index (χ4n) is 1.80. The Morgan fingerprint density at radius 3 is 2.94 bits per heavy atom. The van der Waals surface area contributed by atoms with Gasteiger partial charge in [0.05, 0.1) is 11.4 Å². The zero-order valence-corrected chi connectivity index (χ0v) is 11.2. The molecule has 0 aliphatic rings. The minimum Gasteiger partial charge on any atom is -0.216 e. The van der Waals surface area contributed by atoms with E-state index in [1.807, 2.05) is 18.4 Å². The molecule has 0 amide bonds. The van der Waals surface area contributed by atoms with E-state index in [1.54, 1.807) is 16.4 Å². The predicted octanol–water partition coefficient (Wildman–Crippen LogP) is 2.81. The van der Waals surface area contributed by atoms with Crippen LogP contribution in [0.2, 0.25) is 0 Å². The number of rotatable bonds is 4. The molecule has 0 atom stereocenters. The number of hydrogen-bond donors (Lipinski definition) is 0. The van der Waals surface area contributed by atoms with Gasteiger partial charge < -0.3 is 0 Å². The highest BCUT2D eigenvalue weighted by Gasteiger charge is 2.13. The van der Waals surface area contributed by atoms with Crippen LogP contribution in [-0.4, -0.2) is 21.2 Å². The van der Waals surface area contributed by atoms with E-state index in [0.717, 1.165) is 24.2 Å². The summed E-state index contributed by atoms with van der Waals surface area (Å²) in [6.07, 6.45) is 3.80. The van der Waals surface area contributed by atoms with Gasteiger partial charge in [-0.25, -0.2) is 4.68 Å². The summed E-state index contributed by atoms with van der Waals surface area (Å²) < 4.78 is 1.77. The minimum atomic E-state index is 0.423. The van der Waals surface area contributed by atoms with Crippen molar-refractivity contribution < 1.29 is 0 Å². The van der Waals surface area contributed by atoms with Crippen molar-refractivity contribution >= 4 is 11.8 Å². The van der Waals surface area contributed by atoms with Gasteiger partial charge in [0.15, 0.2) is 5.69 Å². The monoisotopic (exact) mass is 258 g/mol. The molecule has 0 aliphatic carbocycles. The van der Waals surface area contributed by atoms with Crippen LogP contribution in [0, 0.1) is 11.3 Å². The predicted molar refractivity (Wildman–Crippen MR) is 71.9 cm³/mol. The lowest BCUT2D eigenvalue weighted by Gasteiger charge is -2.06. The molecule has 92 valence electrons. The topological polar surface area (TPSA) is 54.5 Å². The van der Waals surface area contributed by atoms with Crippen LogP contribution in [-0.2, 0) is 6.42 Å². The Labute approximate surface area is 111 Å². The highest BCUT2D eigenvalue weighted by atomic mass is 32.2. The molecule has 0 N–H and O–H groups in total. The third kappa shape index (κ3) is 2.39. The summed E-state index contributed by atoms with van der Waals surface area (Å²) in [5.74, 6) is 0. The van der Waals surface area contributed by atoms with Crippen molar-refractivity contribution in [2.75, 3.05) is 6.26 Å². The van der Waals surface area contributed by atoms with Gasteiger partial charge >= 0.3 is 0 Å². The molecule has 0 saturated heterocycles. The third-order valence-electron chi connectivity index (χ3n) is 2.65. The van der Waals surface area contributed by atoms with Crippen molar-refractivity contribution in [3.05, 3.63) is 35.7 Å². The van der Waals surface area contributed by atoms with Gasteiger partial charge in [-0.15, -0.1) is 16.9 Å². The lowest BCUT2D eigenvalue weighted by molar-refractivity contribution is 0.744. The Kier molecular flexibility index (Phi) is 4.00. The number of nitriles is 1. The van der Waals surface area contributed by atoms with Gasteiger partial charge in [-0.05, 0) is 30.9 Å². The van der Waals surface area contributed by atoms with Gasteiger partial charge in [0, 0.05) is 4.90 Å². The van der Waals surface area contributed by atoms with Crippen LogP contribution < -0.4 is 0 Å². The lowest BCUT2D eigenvalue weighted by Crippen LogP contribution is -2.03. The summed E-state index contributed by atoms with van der Waals surface area (Å²) in [6, 6.07) is 10.2. The molecule has 2 aromatic rings. The van der Waals surface area contributed by atoms with Crippen molar-refractivity contribution in [2.45, 2.75) is 24.7 Å². The Hall–Kier alpha value is -1.80. The molecular formula is C13H14N4S. The van der Waals surface area contributed by atoms with E-state index in [-0.39, 0.29) is 0 Å². The van der Waals surface area contributed by atoms with E-state index >= 15 is 0 Å². The Balaban J connectivity index is 2.49. The quantitative estimate of drug-likeness (QED) is 0.791. The number of thioether (sulfide) groups is 1. The first-order valence-electron chi connectivity index (χ1n) is 5.79. The van der Waals surface area contributed by atoms with Gasteiger partial charge in [0.1, 0.15) is 6.07 Å². The number of hydrogen-bond acceptors (Lipinski definition) is 4. The smallest absolute Gasteiger partial charge is 0.186 e. The molecule has 0 spiro atoms. The van der Waals surface area contributed by atoms with Crippen LogP contribution in [0.25, 0.3) is 5.69 Å². The zero-order valence-electron chi connectivity index (χ0n) is 10.4. The van der Waals surface area contributed by atoms with Gasteiger partial charge in [0.2, 0.25) is 0 Å². The molecule has 0 saturated carbocycles. The molecule has 0 radical (unpaired) electrons. The van der Waals surface area contributed by atoms with E-state index in [4.69, 9.17) is 5.26 Å². The average Bonchev–Trinajstić information content (AvgIpc) is 2.82. The molecule has 4 nitrogen and oxygen atoms in total. The average molecular weight is 258 g/mol. The van der Waals surface area contributed by atoms with E-state index in [9.17, 15) is 0 Å². The number of benzene rings is 1. The second-order valence-electron chi connectivity index (χ2n) is 3.86. The SMILES string of the molecule is CCCc1c(C#N)nnn1-c1cccc(SC)c1. The molecule has 0 bridgehead atoms. The fourth-order valence-corrected chi connectivity index (χ4v) is 2.25. The molecule has 0 unspecified atom stereocenters. The summed E-state index contributed by atoms with van der Waals surface area (Å²) in [4.78, 5) is 1.17. The molecule has 0 fully saturated rings. The molecule has 5 heteroatoms. The Morgan fingerprint density at radius 1 is 1.44 bits per heavy atom. The van der Waals surface area contributed by atoms with Gasteiger partial charge in [-0.2, -0.15) is 5.26 Å². The molecular weight excluding hydrogens is 244 g/mol. The maximum absolute atomic E-state index is 9.04. The van der Waals surface area contributed by atoms with Crippen LogP contribution in [0.15, 0.2) is 29.2 Å². The first-order chi connectivity index (χ1) is 8.80. The summed E-state index contributed by atoms with van der Waals surface area (Å²) in [7, 11) is 0. The minimum absolute atomic E-state index is 0.423. The van der Waals surface area contributed by atoms with Crippen molar-refractivity contribution in [3.63, 3.8) is 0 Å². The van der Waals surface area contributed by atoms with Crippen molar-refractivity contribution in [2.24, 2.45) is 0 Å². The van der Waals surface area contributed by atoms with Crippen molar-refractivity contribution in [3.8, 4) is 11.8 Å². The van der Waals surface area contributed by atoms with E-state index < -0.39 is 0 Å². The standard InChI is InChI=1S/C13H14N4S/c1-3-5-13-12(9-14)15-16-17(13)10-6-4-7-11(8-10)18-2/h4,6-8H,3,5H2,1-2H3. The maximum Gasteiger partial charge on any atom is 0.186 e. The van der Waals surface area contributed by atoms with Crippen molar-refractivity contribution in [1.29, 1.82) is 5.26 Å². The fraction of sp³-hybridized carbons (Fsp3) is 0.308. The van der Waals surface area contributed by atoms with Crippen LogP contribution in [0.1, 0.15) is 24.7 Å². The van der Waals surface area contributed by atoms with Gasteiger partial charge in [-0.3, -0.25) is 0 Å². The lowest BCUT2D eigenvalue weighted by atomic mass is 10.2. The molecule has 1 aromatic carbocycles. The summed E-state index contributed by atoms with van der Waals surface area (Å²) >= 11 is 1.68. The van der Waals surface area contributed by atoms with Crippen LogP contribution in [0.5, 0.6) is 0 Å². The second-order valence-corrected chi connectivity index (χ2v) is 4.74. The Bertz CT molecular complexity index is 583. The van der Waals surface area contributed by atoms with Gasteiger partial charge in [0.25, 0.3) is 0 Å². The van der Waals surface area contributed by atoms with E-state index in [2.05, 4.69) is 35.4 Å². The normalized spacial score (nSPS) is 10.3. The number of nitrogens with zero attached hydrogens (tertiary/aromatic N) is 4. The first kappa shape index (κ1) is 12.7. The summed E-state index contributed by atoms with van der Waals surface area (Å²) in [5, 5.41) is 17.1. The Morgan fingerprint density at radius 2 is 2.28 bits per heavy atom. The van der Waals surface area contributed by atoms with E-state index in [1.165, 1.54) is 4.90 Å². The van der Waals surface area contributed by atoms with Gasteiger partial charge in [-0.1, -0.05) is 24.6 Å². The van der Waals surface area contributed by atoms with Crippen molar-refractivity contribution in [1.82, 2.24) is 15.0 Å². The molecule has 1 heterocycles. The largest absolute Gasteiger partial charge is 0.216 e. The summed E-state index contributed by atoms with van der Waals surface area (Å²) in [6.45, 7) is 2.08. The maximum atomic E-state index is 9.04. The molecule has 2 rings (SSSR count). The van der Waals surface area contributed by atoms with Crippen LogP contribution in [0.3, 0.4) is 0 Å². The molecule has 0 aliphatic heterocycles. The van der Waals surface area contributed by atoms with Crippen LogP contribution >= 0.6 is 11.8 Å². The highest BCUT2D eigenvalue weighted by molar-refractivity contribution is 7.98. The third-order valence-corrected chi connectivity index (χ3v) is 3.38. The molecule has 1 aromatic heterocycles. The zero-order chi connectivity index (χ0) is 13.0. The van der Waals surface area contributed by atoms with Crippen LogP contribution in [0.4, 0.5) is 0 Å². The highest BCUT2D eigenvalue weighted by Crippen LogP contribution is 2.20.